The second kappa shape index (κ2) is 10.9. The molecule has 0 aromatic heterocycles. The summed E-state index contributed by atoms with van der Waals surface area (Å²) in [7, 11) is 0. The summed E-state index contributed by atoms with van der Waals surface area (Å²) in [5, 5.41) is 0. The number of alkyl halides is 18. The third-order valence-corrected chi connectivity index (χ3v) is 2.81. The summed E-state index contributed by atoms with van der Waals surface area (Å²) in [6, 6.07) is 0. The maximum Gasteiger partial charge on any atom is 0.529 e. The van der Waals surface area contributed by atoms with Gasteiger partial charge in [-0.25, -0.2) is 9.47 Å². The first-order chi connectivity index (χ1) is 16.7. The van der Waals surface area contributed by atoms with Crippen molar-refractivity contribution in [3.63, 3.8) is 0 Å². The molecule has 0 amide bonds. The van der Waals surface area contributed by atoms with Crippen LogP contribution in [0.1, 0.15) is 0 Å². The SMILES string of the molecule is FC(F)=C(OC(=C(F)F)C(F)(F)C(F)(F)OC(F)(F)OC(F)(F)F)C(F)(F)C(F)(F)OC(F)(F)OC(F)(F)F. The zero-order valence-electron chi connectivity index (χ0n) is 16.4. The van der Waals surface area contributed by atoms with Gasteiger partial charge in [0.1, 0.15) is 0 Å². The first kappa shape index (κ1) is 36.6. The van der Waals surface area contributed by atoms with Crippen molar-refractivity contribution >= 4 is 0 Å². The number of halogens is 22. The van der Waals surface area contributed by atoms with E-state index in [2.05, 4.69) is 4.74 Å². The van der Waals surface area contributed by atoms with Crippen molar-refractivity contribution < 1.29 is 120 Å². The fraction of sp³-hybridized carbons (Fsp3) is 0.667. The summed E-state index contributed by atoms with van der Waals surface area (Å²) in [5.41, 5.74) is 0. The molecular weight excluding hydrogens is 642 g/mol. The minimum absolute atomic E-state index is 1.45. The smallest absolute Gasteiger partial charge is 0.441 e. The summed E-state index contributed by atoms with van der Waals surface area (Å²) in [4.78, 5) is 0. The lowest BCUT2D eigenvalue weighted by molar-refractivity contribution is -0.548. The van der Waals surface area contributed by atoms with Crippen LogP contribution < -0.4 is 0 Å². The highest BCUT2D eigenvalue weighted by molar-refractivity contribution is 5.18. The van der Waals surface area contributed by atoms with Gasteiger partial charge in [-0.3, -0.25) is 0 Å². The fourth-order valence-corrected chi connectivity index (χ4v) is 1.55. The lowest BCUT2D eigenvalue weighted by atomic mass is 10.2. The highest BCUT2D eigenvalue weighted by Gasteiger charge is 2.72. The van der Waals surface area contributed by atoms with Gasteiger partial charge in [0.2, 0.25) is 11.5 Å². The van der Waals surface area contributed by atoms with Gasteiger partial charge in [0.25, 0.3) is 0 Å². The van der Waals surface area contributed by atoms with Gasteiger partial charge in [0, 0.05) is 0 Å². The van der Waals surface area contributed by atoms with Crippen molar-refractivity contribution in [2.75, 3.05) is 0 Å². The predicted molar refractivity (Wildman–Crippen MR) is 65.7 cm³/mol. The molecule has 27 heteroatoms. The van der Waals surface area contributed by atoms with Crippen LogP contribution >= 0.6 is 0 Å². The Bertz CT molecular complexity index is 847. The van der Waals surface area contributed by atoms with Crippen LogP contribution in [0.3, 0.4) is 0 Å². The Hall–Kier alpha value is -2.42. The maximum atomic E-state index is 13.6. The summed E-state index contributed by atoms with van der Waals surface area (Å²) in [6.45, 7) is 0. The summed E-state index contributed by atoms with van der Waals surface area (Å²) in [6.07, 6.45) is -52.3. The van der Waals surface area contributed by atoms with E-state index in [1.807, 2.05) is 0 Å². The molecule has 39 heavy (non-hydrogen) atoms. The molecule has 232 valence electrons. The van der Waals surface area contributed by atoms with Gasteiger partial charge in [0.15, 0.2) is 0 Å². The minimum Gasteiger partial charge on any atom is -0.441 e. The molecule has 0 bridgehead atoms. The molecule has 0 saturated carbocycles. The average Bonchev–Trinajstić information content (AvgIpc) is 2.53. The van der Waals surface area contributed by atoms with Gasteiger partial charge in [0.05, 0.1) is 0 Å². The highest BCUT2D eigenvalue weighted by atomic mass is 19.4. The molecule has 0 radical (unpaired) electrons. The normalized spacial score (nSPS) is 14.8. The van der Waals surface area contributed by atoms with Crippen LogP contribution in [-0.4, -0.2) is 49.4 Å². The molecular formula is C12F22O5. The first-order valence-electron chi connectivity index (χ1n) is 7.70. The molecule has 5 nitrogen and oxygen atoms in total. The molecule has 0 unspecified atom stereocenters. The Morgan fingerprint density at radius 3 is 0.769 bits per heavy atom. The Morgan fingerprint density at radius 1 is 0.359 bits per heavy atom. The van der Waals surface area contributed by atoms with Gasteiger partial charge >= 0.3 is 61.5 Å². The van der Waals surface area contributed by atoms with Gasteiger partial charge in [-0.15, -0.1) is 43.9 Å². The van der Waals surface area contributed by atoms with Gasteiger partial charge in [-0.1, -0.05) is 0 Å². The standard InChI is InChI=1S/C12F22O5/c13-3(14)1(5(17,18)7(21,22)36-11(31,32)38-9(25,26)27)35-2(4(15)16)6(19,20)8(23,24)37-12(33,34)39-10(28,29)30. The van der Waals surface area contributed by atoms with Crippen molar-refractivity contribution in [1.29, 1.82) is 0 Å². The quantitative estimate of drug-likeness (QED) is 0.123. The molecule has 0 aliphatic carbocycles. The molecule has 0 fully saturated rings. The highest BCUT2D eigenvalue weighted by Crippen LogP contribution is 2.51. The van der Waals surface area contributed by atoms with Crippen molar-refractivity contribution in [2.24, 2.45) is 0 Å². The first-order valence-corrected chi connectivity index (χ1v) is 7.70. The molecule has 0 aromatic carbocycles. The van der Waals surface area contributed by atoms with E-state index in [0.717, 1.165) is 0 Å². The van der Waals surface area contributed by atoms with Crippen molar-refractivity contribution in [3.8, 4) is 0 Å². The van der Waals surface area contributed by atoms with E-state index in [1.165, 1.54) is 18.9 Å². The van der Waals surface area contributed by atoms with Gasteiger partial charge in [-0.2, -0.15) is 62.2 Å². The summed E-state index contributed by atoms with van der Waals surface area (Å²) < 4.78 is 287. The predicted octanol–water partition coefficient (Wildman–Crippen LogP) is 7.88. The number of rotatable bonds is 12. The molecule has 0 N–H and O–H groups in total. The van der Waals surface area contributed by atoms with Crippen molar-refractivity contribution in [2.45, 2.75) is 49.4 Å². The van der Waals surface area contributed by atoms with Crippen LogP contribution in [0.15, 0.2) is 23.7 Å². The van der Waals surface area contributed by atoms with E-state index in [-0.39, 0.29) is 0 Å². The summed E-state index contributed by atoms with van der Waals surface area (Å²) in [5.74, 6) is -24.9. The monoisotopic (exact) mass is 642 g/mol. The van der Waals surface area contributed by atoms with Crippen molar-refractivity contribution in [1.82, 2.24) is 0 Å². The minimum atomic E-state index is -7.64. The van der Waals surface area contributed by atoms with E-state index in [4.69, 9.17) is 0 Å². The third kappa shape index (κ3) is 9.92. The maximum absolute atomic E-state index is 13.6. The average molecular weight is 642 g/mol. The molecule has 0 atom stereocenters. The van der Waals surface area contributed by atoms with Crippen LogP contribution in [0.4, 0.5) is 96.6 Å². The number of hydrogen-bond acceptors (Lipinski definition) is 5. The van der Waals surface area contributed by atoms with Crippen LogP contribution in [-0.2, 0) is 23.7 Å². The van der Waals surface area contributed by atoms with Gasteiger partial charge in [-0.05, 0) is 0 Å². The zero-order chi connectivity index (χ0) is 31.8. The van der Waals surface area contributed by atoms with Crippen molar-refractivity contribution in [3.05, 3.63) is 23.7 Å². The Morgan fingerprint density at radius 2 is 0.590 bits per heavy atom. The second-order valence-corrected chi connectivity index (χ2v) is 5.69. The van der Waals surface area contributed by atoms with Crippen LogP contribution in [0.2, 0.25) is 0 Å². The lowest BCUT2D eigenvalue weighted by Crippen LogP contribution is -2.52. The molecule has 0 saturated heterocycles. The van der Waals surface area contributed by atoms with Crippen LogP contribution in [0, 0.1) is 0 Å². The summed E-state index contributed by atoms with van der Waals surface area (Å²) >= 11 is 0. The fourth-order valence-electron chi connectivity index (χ4n) is 1.55. The molecule has 0 aliphatic rings. The molecule has 0 rings (SSSR count). The third-order valence-electron chi connectivity index (χ3n) is 2.81. The molecule has 0 spiro atoms. The Labute approximate surface area is 195 Å². The van der Waals surface area contributed by atoms with E-state index >= 15 is 0 Å². The number of hydrogen-bond donors (Lipinski definition) is 0. The largest absolute Gasteiger partial charge is 0.529 e. The van der Waals surface area contributed by atoms with Gasteiger partial charge < -0.3 is 4.74 Å². The molecule has 0 aromatic rings. The van der Waals surface area contributed by atoms with Crippen LogP contribution in [0.5, 0.6) is 0 Å². The Kier molecular flexibility index (Phi) is 10.2. The van der Waals surface area contributed by atoms with E-state index in [1.54, 1.807) is 0 Å². The van der Waals surface area contributed by atoms with Crippen LogP contribution in [0.25, 0.3) is 0 Å². The zero-order valence-corrected chi connectivity index (χ0v) is 16.4. The van der Waals surface area contributed by atoms with E-state index < -0.39 is 73.1 Å². The molecule has 0 aliphatic heterocycles. The van der Waals surface area contributed by atoms with E-state index in [0.29, 0.717) is 0 Å². The topological polar surface area (TPSA) is 46.2 Å². The molecule has 0 heterocycles. The second-order valence-electron chi connectivity index (χ2n) is 5.69. The van der Waals surface area contributed by atoms with E-state index in [9.17, 15) is 96.6 Å². The number of ether oxygens (including phenoxy) is 5. The lowest BCUT2D eigenvalue weighted by Gasteiger charge is -2.32. The Balaban J connectivity index is 6.55.